The molecule has 22 heavy (non-hydrogen) atoms. The van der Waals surface area contributed by atoms with Crippen molar-refractivity contribution >= 4 is 0 Å². The lowest BCUT2D eigenvalue weighted by molar-refractivity contribution is -0.162. The van der Waals surface area contributed by atoms with Crippen LogP contribution in [-0.2, 0) is 0 Å². The third-order valence-corrected chi connectivity index (χ3v) is 9.49. The molecule has 0 aliphatic heterocycles. The average molecular weight is 303 g/mol. The van der Waals surface area contributed by atoms with Crippen LogP contribution in [0.5, 0.6) is 0 Å². The van der Waals surface area contributed by atoms with Gasteiger partial charge in [-0.2, -0.15) is 0 Å². The van der Waals surface area contributed by atoms with Crippen LogP contribution in [0.25, 0.3) is 0 Å². The van der Waals surface area contributed by atoms with Gasteiger partial charge >= 0.3 is 0 Å². The molecule has 6 fully saturated rings. The van der Waals surface area contributed by atoms with Gasteiger partial charge in [0, 0.05) is 0 Å². The molecule has 4 bridgehead atoms. The molecule has 0 heterocycles. The molecule has 0 spiro atoms. The fraction of sp³-hybridized carbons (Fsp3) is 1.00. The maximum absolute atomic E-state index is 2.40. The van der Waals surface area contributed by atoms with Gasteiger partial charge in [0.05, 0.1) is 0 Å². The average Bonchev–Trinajstić information content (AvgIpc) is 2.58. The van der Waals surface area contributed by atoms with Gasteiger partial charge in [0.1, 0.15) is 0 Å². The molecule has 0 radical (unpaired) electrons. The molecular weight excluding hydrogens is 264 g/mol. The van der Waals surface area contributed by atoms with E-state index in [4.69, 9.17) is 0 Å². The molecule has 6 aliphatic rings. The summed E-state index contributed by atoms with van der Waals surface area (Å²) >= 11 is 0. The van der Waals surface area contributed by atoms with E-state index in [2.05, 4.69) is 13.8 Å². The zero-order valence-electron chi connectivity index (χ0n) is 15.3. The number of hydrogen-bond acceptors (Lipinski definition) is 0. The van der Waals surface area contributed by atoms with Crippen molar-refractivity contribution in [1.82, 2.24) is 0 Å². The van der Waals surface area contributed by atoms with Gasteiger partial charge < -0.3 is 0 Å². The molecule has 126 valence electrons. The highest BCUT2D eigenvalue weighted by Crippen LogP contribution is 2.73. The Hall–Kier alpha value is 0. The first-order valence-electron chi connectivity index (χ1n) is 10.6. The molecule has 6 rings (SSSR count). The largest absolute Gasteiger partial charge is 0.0654 e. The first kappa shape index (κ1) is 15.5. The summed E-state index contributed by atoms with van der Waals surface area (Å²) in [6.45, 7) is 4.80. The normalized spacial score (nSPS) is 50.5. The Kier molecular flexibility index (Phi) is 3.70. The molecule has 0 saturated heterocycles. The predicted molar refractivity (Wildman–Crippen MR) is 95.0 cm³/mol. The smallest absolute Gasteiger partial charge is 0.0240 e. The van der Waals surface area contributed by atoms with Gasteiger partial charge in [0.2, 0.25) is 0 Å². The maximum atomic E-state index is 2.40. The van der Waals surface area contributed by atoms with Crippen molar-refractivity contribution in [3.8, 4) is 0 Å². The van der Waals surface area contributed by atoms with E-state index in [1.54, 1.807) is 77.0 Å². The summed E-state index contributed by atoms with van der Waals surface area (Å²) in [5.74, 6) is 0. The lowest BCUT2D eigenvalue weighted by Crippen LogP contribution is -2.56. The van der Waals surface area contributed by atoms with Crippen LogP contribution in [0.4, 0.5) is 0 Å². The van der Waals surface area contributed by atoms with Gasteiger partial charge in [-0.15, -0.1) is 0 Å². The first-order valence-corrected chi connectivity index (χ1v) is 10.6. The first-order chi connectivity index (χ1) is 10.6. The van der Waals surface area contributed by atoms with E-state index in [-0.39, 0.29) is 0 Å². The highest BCUT2D eigenvalue weighted by molar-refractivity contribution is 5.12. The van der Waals surface area contributed by atoms with Gasteiger partial charge in [0.25, 0.3) is 0 Å². The standard InChI is InChI=1S/C22H38/c1-3-5-19-7-13-21(14-8-19,15-9-19)22-16-10-20(6-4-2,11-17-22)12-18-22/h3-18H2,1-2H3. The molecular formula is C22H38. The monoisotopic (exact) mass is 302 g/mol. The minimum atomic E-state index is 0.793. The third kappa shape index (κ3) is 2.07. The second-order valence-electron chi connectivity index (χ2n) is 10.1. The minimum Gasteiger partial charge on any atom is -0.0654 e. The van der Waals surface area contributed by atoms with Crippen LogP contribution in [0, 0.1) is 21.7 Å². The van der Waals surface area contributed by atoms with Gasteiger partial charge in [-0.3, -0.25) is 0 Å². The second-order valence-corrected chi connectivity index (χ2v) is 10.1. The van der Waals surface area contributed by atoms with Crippen molar-refractivity contribution in [2.45, 2.75) is 117 Å². The van der Waals surface area contributed by atoms with Crippen LogP contribution in [0.3, 0.4) is 0 Å². The van der Waals surface area contributed by atoms with E-state index in [0.717, 1.165) is 21.7 Å². The van der Waals surface area contributed by atoms with Gasteiger partial charge in [0.15, 0.2) is 0 Å². The molecule has 0 nitrogen and oxygen atoms in total. The topological polar surface area (TPSA) is 0 Å². The van der Waals surface area contributed by atoms with Crippen LogP contribution in [0.1, 0.15) is 117 Å². The number of fused-ring (bicyclic) bond motifs is 6. The van der Waals surface area contributed by atoms with Gasteiger partial charge in [-0.05, 0) is 112 Å². The van der Waals surface area contributed by atoms with Crippen molar-refractivity contribution in [1.29, 1.82) is 0 Å². The Labute approximate surface area is 138 Å². The third-order valence-electron chi connectivity index (χ3n) is 9.49. The molecule has 6 saturated carbocycles. The Morgan fingerprint density at radius 1 is 0.455 bits per heavy atom. The molecule has 0 aromatic rings. The Balaban J connectivity index is 1.50. The number of hydrogen-bond donors (Lipinski definition) is 0. The minimum absolute atomic E-state index is 0.793. The lowest BCUT2D eigenvalue weighted by atomic mass is 9.38. The van der Waals surface area contributed by atoms with E-state index in [0.29, 0.717) is 0 Å². The van der Waals surface area contributed by atoms with Crippen LogP contribution in [-0.4, -0.2) is 0 Å². The molecule has 0 aromatic carbocycles. The molecule has 6 aliphatic carbocycles. The predicted octanol–water partition coefficient (Wildman–Crippen LogP) is 7.27. The molecule has 0 atom stereocenters. The van der Waals surface area contributed by atoms with E-state index in [1.807, 2.05) is 0 Å². The van der Waals surface area contributed by atoms with Crippen LogP contribution >= 0.6 is 0 Å². The summed E-state index contributed by atoms with van der Waals surface area (Å²) in [6.07, 6.45) is 25.0. The molecule has 0 aromatic heterocycles. The SMILES string of the molecule is CCCC12CCC(C34CCC(CCC)(CC3)CC4)(CC1)CC2. The summed E-state index contributed by atoms with van der Waals surface area (Å²) < 4.78 is 0. The fourth-order valence-electron chi connectivity index (χ4n) is 7.93. The Morgan fingerprint density at radius 3 is 0.955 bits per heavy atom. The van der Waals surface area contributed by atoms with Crippen LogP contribution in [0.15, 0.2) is 0 Å². The van der Waals surface area contributed by atoms with Crippen LogP contribution < -0.4 is 0 Å². The second kappa shape index (κ2) is 5.25. The van der Waals surface area contributed by atoms with Gasteiger partial charge in [-0.25, -0.2) is 0 Å². The van der Waals surface area contributed by atoms with E-state index >= 15 is 0 Å². The summed E-state index contributed by atoms with van der Waals surface area (Å²) in [5.41, 5.74) is 3.17. The van der Waals surface area contributed by atoms with Crippen molar-refractivity contribution in [3.63, 3.8) is 0 Å². The molecule has 0 N–H and O–H groups in total. The zero-order valence-corrected chi connectivity index (χ0v) is 15.3. The summed E-state index contributed by atoms with van der Waals surface area (Å²) in [4.78, 5) is 0. The summed E-state index contributed by atoms with van der Waals surface area (Å²) in [5, 5.41) is 0. The molecule has 0 unspecified atom stereocenters. The summed E-state index contributed by atoms with van der Waals surface area (Å²) in [6, 6.07) is 0. The Bertz CT molecular complexity index is 329. The highest BCUT2D eigenvalue weighted by atomic mass is 14.7. The van der Waals surface area contributed by atoms with Crippen molar-refractivity contribution < 1.29 is 0 Å². The number of rotatable bonds is 5. The van der Waals surface area contributed by atoms with E-state index in [1.165, 1.54) is 25.7 Å². The van der Waals surface area contributed by atoms with E-state index < -0.39 is 0 Å². The van der Waals surface area contributed by atoms with Crippen molar-refractivity contribution in [2.75, 3.05) is 0 Å². The molecule has 0 amide bonds. The van der Waals surface area contributed by atoms with E-state index in [9.17, 15) is 0 Å². The maximum Gasteiger partial charge on any atom is -0.0240 e. The van der Waals surface area contributed by atoms with Crippen molar-refractivity contribution in [2.24, 2.45) is 21.7 Å². The molecule has 0 heteroatoms. The lowest BCUT2D eigenvalue weighted by Gasteiger charge is -2.67. The van der Waals surface area contributed by atoms with Gasteiger partial charge in [-0.1, -0.05) is 26.7 Å². The highest BCUT2D eigenvalue weighted by Gasteiger charge is 2.61. The Morgan fingerprint density at radius 2 is 0.727 bits per heavy atom. The van der Waals surface area contributed by atoms with Crippen LogP contribution in [0.2, 0.25) is 0 Å². The zero-order chi connectivity index (χ0) is 15.3. The summed E-state index contributed by atoms with van der Waals surface area (Å²) in [7, 11) is 0. The van der Waals surface area contributed by atoms with Crippen molar-refractivity contribution in [3.05, 3.63) is 0 Å². The fourth-order valence-corrected chi connectivity index (χ4v) is 7.93. The quantitative estimate of drug-likeness (QED) is 0.501.